The average Bonchev–Trinajstić information content (AvgIpc) is 3.09. The molecule has 1 heteroatoms. The molecular formula is C35H27N. The highest BCUT2D eigenvalue weighted by Crippen LogP contribution is 2.48. The molecule has 0 aliphatic carbocycles. The number of fused-ring (bicyclic) bond motifs is 7. The van der Waals surface area contributed by atoms with E-state index in [-0.39, 0.29) is 0 Å². The molecule has 0 amide bonds. The van der Waals surface area contributed by atoms with Crippen LogP contribution in [0, 0.1) is 0 Å². The third-order valence-electron chi connectivity index (χ3n) is 7.59. The van der Waals surface area contributed by atoms with Crippen molar-refractivity contribution in [3.63, 3.8) is 0 Å². The normalized spacial score (nSPS) is 13.4. The minimum absolute atomic E-state index is 0.904. The molecule has 0 fully saturated rings. The Hall–Kier alpha value is -4.20. The first kappa shape index (κ1) is 21.1. The van der Waals surface area contributed by atoms with Gasteiger partial charge in [-0.15, -0.1) is 0 Å². The van der Waals surface area contributed by atoms with Crippen LogP contribution in [0.4, 0.5) is 0 Å². The predicted molar refractivity (Wildman–Crippen MR) is 153 cm³/mol. The number of benzene rings is 6. The molecule has 7 rings (SSSR count). The average molecular weight is 462 g/mol. The molecule has 1 aliphatic heterocycles. The molecule has 6 aromatic carbocycles. The maximum Gasteiger partial charge on any atom is 0.0246 e. The zero-order chi connectivity index (χ0) is 24.1. The van der Waals surface area contributed by atoms with E-state index in [2.05, 4.69) is 133 Å². The molecule has 6 aromatic rings. The van der Waals surface area contributed by atoms with Crippen LogP contribution in [0.5, 0.6) is 0 Å². The maximum atomic E-state index is 2.48. The third kappa shape index (κ3) is 3.36. The third-order valence-corrected chi connectivity index (χ3v) is 7.59. The van der Waals surface area contributed by atoms with Gasteiger partial charge in [0.05, 0.1) is 0 Å². The monoisotopic (exact) mass is 461 g/mol. The summed E-state index contributed by atoms with van der Waals surface area (Å²) < 4.78 is 0. The summed E-state index contributed by atoms with van der Waals surface area (Å²) >= 11 is 0. The predicted octanol–water partition coefficient (Wildman–Crippen LogP) is 8.94. The Morgan fingerprint density at radius 2 is 0.861 bits per heavy atom. The Labute approximate surface area is 212 Å². The van der Waals surface area contributed by atoms with E-state index in [1.807, 2.05) is 0 Å². The maximum absolute atomic E-state index is 2.48. The summed E-state index contributed by atoms with van der Waals surface area (Å²) in [6.45, 7) is 1.81. The highest BCUT2D eigenvalue weighted by atomic mass is 15.1. The van der Waals surface area contributed by atoms with Crippen molar-refractivity contribution >= 4 is 21.5 Å². The van der Waals surface area contributed by atoms with Gasteiger partial charge in [0.15, 0.2) is 0 Å². The largest absolute Gasteiger partial charge is 0.298 e. The van der Waals surface area contributed by atoms with E-state index >= 15 is 0 Å². The smallest absolute Gasteiger partial charge is 0.0246 e. The van der Waals surface area contributed by atoms with Gasteiger partial charge in [-0.05, 0) is 85.2 Å². The van der Waals surface area contributed by atoms with Crippen LogP contribution in [0.3, 0.4) is 0 Å². The summed E-state index contributed by atoms with van der Waals surface area (Å²) in [6.07, 6.45) is 0. The summed E-state index contributed by atoms with van der Waals surface area (Å²) in [7, 11) is 2.26. The molecule has 0 atom stereocenters. The lowest BCUT2D eigenvalue weighted by Crippen LogP contribution is -2.16. The lowest BCUT2D eigenvalue weighted by Gasteiger charge is -2.21. The fourth-order valence-corrected chi connectivity index (χ4v) is 6.03. The Morgan fingerprint density at radius 1 is 0.472 bits per heavy atom. The van der Waals surface area contributed by atoms with Crippen LogP contribution in [0.15, 0.2) is 121 Å². The first-order valence-electron chi connectivity index (χ1n) is 12.7. The van der Waals surface area contributed by atoms with Crippen LogP contribution in [-0.2, 0) is 13.1 Å². The van der Waals surface area contributed by atoms with Crippen molar-refractivity contribution < 1.29 is 0 Å². The second kappa shape index (κ2) is 8.48. The van der Waals surface area contributed by atoms with E-state index in [9.17, 15) is 0 Å². The second-order valence-electron chi connectivity index (χ2n) is 9.90. The molecule has 0 aromatic heterocycles. The van der Waals surface area contributed by atoms with Crippen molar-refractivity contribution in [3.8, 4) is 33.4 Å². The van der Waals surface area contributed by atoms with Crippen molar-refractivity contribution in [3.05, 3.63) is 132 Å². The summed E-state index contributed by atoms with van der Waals surface area (Å²) in [5, 5.41) is 5.25. The van der Waals surface area contributed by atoms with Crippen molar-refractivity contribution in [2.75, 3.05) is 7.05 Å². The quantitative estimate of drug-likeness (QED) is 0.249. The second-order valence-corrected chi connectivity index (χ2v) is 9.90. The van der Waals surface area contributed by atoms with Crippen molar-refractivity contribution in [2.45, 2.75) is 13.1 Å². The Bertz CT molecular complexity index is 1600. The van der Waals surface area contributed by atoms with Gasteiger partial charge in [-0.2, -0.15) is 0 Å². The molecule has 0 saturated carbocycles. The van der Waals surface area contributed by atoms with Crippen molar-refractivity contribution in [2.24, 2.45) is 0 Å². The van der Waals surface area contributed by atoms with Crippen LogP contribution in [-0.4, -0.2) is 11.9 Å². The molecule has 0 spiro atoms. The first-order chi connectivity index (χ1) is 17.8. The number of hydrogen-bond donors (Lipinski definition) is 0. The van der Waals surface area contributed by atoms with E-state index in [0.29, 0.717) is 0 Å². The fraction of sp³-hybridized carbons (Fsp3) is 0.0857. The molecule has 1 nitrogen and oxygen atoms in total. The van der Waals surface area contributed by atoms with Gasteiger partial charge in [-0.1, -0.05) is 109 Å². The van der Waals surface area contributed by atoms with E-state index in [1.54, 1.807) is 0 Å². The van der Waals surface area contributed by atoms with E-state index in [0.717, 1.165) is 13.1 Å². The molecule has 0 bridgehead atoms. The minimum atomic E-state index is 0.904. The van der Waals surface area contributed by atoms with Crippen LogP contribution in [0.1, 0.15) is 11.1 Å². The molecule has 172 valence electrons. The van der Waals surface area contributed by atoms with Crippen LogP contribution in [0.2, 0.25) is 0 Å². The molecule has 0 saturated heterocycles. The lowest BCUT2D eigenvalue weighted by molar-refractivity contribution is 0.323. The number of hydrogen-bond acceptors (Lipinski definition) is 1. The SMILES string of the molecule is CN1Cc2c(-c3ccccc3)cc3ccccc3c2-c2c(c(-c3ccccc3)cc3ccccc23)C1. The fourth-order valence-electron chi connectivity index (χ4n) is 6.03. The zero-order valence-electron chi connectivity index (χ0n) is 20.4. The Balaban J connectivity index is 1.69. The van der Waals surface area contributed by atoms with Gasteiger partial charge in [0.2, 0.25) is 0 Å². The van der Waals surface area contributed by atoms with Crippen molar-refractivity contribution in [1.82, 2.24) is 4.90 Å². The van der Waals surface area contributed by atoms with Gasteiger partial charge in [0, 0.05) is 13.1 Å². The van der Waals surface area contributed by atoms with Gasteiger partial charge in [0.25, 0.3) is 0 Å². The van der Waals surface area contributed by atoms with Gasteiger partial charge in [-0.3, -0.25) is 4.90 Å². The van der Waals surface area contributed by atoms with E-state index in [1.165, 1.54) is 66.1 Å². The minimum Gasteiger partial charge on any atom is -0.298 e. The van der Waals surface area contributed by atoms with Gasteiger partial charge in [0.1, 0.15) is 0 Å². The van der Waals surface area contributed by atoms with Crippen LogP contribution < -0.4 is 0 Å². The number of nitrogens with zero attached hydrogens (tertiary/aromatic N) is 1. The van der Waals surface area contributed by atoms with Gasteiger partial charge < -0.3 is 0 Å². The van der Waals surface area contributed by atoms with E-state index < -0.39 is 0 Å². The van der Waals surface area contributed by atoms with Gasteiger partial charge >= 0.3 is 0 Å². The standard InChI is InChI=1S/C35H27N/c1-36-22-32-30(24-12-4-2-5-13-24)20-26-16-8-10-18-28(26)34(32)35-29-19-11-9-17-27(29)21-31(33(35)23-36)25-14-6-3-7-15-25/h2-21H,22-23H2,1H3. The highest BCUT2D eigenvalue weighted by Gasteiger charge is 2.27. The molecule has 0 radical (unpaired) electrons. The van der Waals surface area contributed by atoms with Crippen LogP contribution in [0.25, 0.3) is 54.9 Å². The summed E-state index contributed by atoms with van der Waals surface area (Å²) in [4.78, 5) is 2.48. The topological polar surface area (TPSA) is 3.24 Å². The molecule has 0 unspecified atom stereocenters. The van der Waals surface area contributed by atoms with Crippen molar-refractivity contribution in [1.29, 1.82) is 0 Å². The Morgan fingerprint density at radius 3 is 1.31 bits per heavy atom. The highest BCUT2D eigenvalue weighted by molar-refractivity contribution is 6.12. The Kier molecular flexibility index (Phi) is 4.97. The number of rotatable bonds is 2. The summed E-state index contributed by atoms with van der Waals surface area (Å²) in [5.41, 5.74) is 10.8. The lowest BCUT2D eigenvalue weighted by atomic mass is 9.82. The molecule has 36 heavy (non-hydrogen) atoms. The zero-order valence-corrected chi connectivity index (χ0v) is 20.4. The molecular weight excluding hydrogens is 434 g/mol. The van der Waals surface area contributed by atoms with Crippen LogP contribution >= 0.6 is 0 Å². The first-order valence-corrected chi connectivity index (χ1v) is 12.7. The molecule has 1 aliphatic rings. The summed E-state index contributed by atoms with van der Waals surface area (Å²) in [6, 6.07) is 44.4. The molecule has 0 N–H and O–H groups in total. The summed E-state index contributed by atoms with van der Waals surface area (Å²) in [5.74, 6) is 0. The molecule has 1 heterocycles. The van der Waals surface area contributed by atoms with Gasteiger partial charge in [-0.25, -0.2) is 0 Å². The van der Waals surface area contributed by atoms with E-state index in [4.69, 9.17) is 0 Å².